The molecule has 0 bridgehead atoms. The number of ether oxygens (including phenoxy) is 1. The van der Waals surface area contributed by atoms with Gasteiger partial charge in [-0.3, -0.25) is 4.79 Å². The van der Waals surface area contributed by atoms with Gasteiger partial charge in [-0.15, -0.1) is 0 Å². The molecular formula is C22H18FN3O4S. The number of carbonyl (C=O) groups is 1. The highest BCUT2D eigenvalue weighted by Gasteiger charge is 2.24. The number of aromatic nitrogens is 2. The van der Waals surface area contributed by atoms with Crippen LogP contribution < -0.4 is 10.1 Å². The van der Waals surface area contributed by atoms with Crippen LogP contribution in [-0.4, -0.2) is 30.8 Å². The van der Waals surface area contributed by atoms with Gasteiger partial charge in [0, 0.05) is 25.1 Å². The van der Waals surface area contributed by atoms with Crippen LogP contribution in [0, 0.1) is 5.82 Å². The molecule has 0 radical (unpaired) electrons. The molecule has 4 rings (SSSR count). The molecule has 0 atom stereocenters. The number of halogens is 1. The van der Waals surface area contributed by atoms with E-state index in [1.807, 2.05) is 0 Å². The first kappa shape index (κ1) is 20.5. The molecule has 31 heavy (non-hydrogen) atoms. The van der Waals surface area contributed by atoms with Crippen LogP contribution in [0.5, 0.6) is 5.75 Å². The van der Waals surface area contributed by atoms with E-state index in [2.05, 4.69) is 10.3 Å². The molecule has 9 heteroatoms. The minimum absolute atomic E-state index is 0.0553. The number of imidazole rings is 1. The summed E-state index contributed by atoms with van der Waals surface area (Å²) in [7, 11) is -2.79. The molecule has 0 unspecified atom stereocenters. The zero-order chi connectivity index (χ0) is 22.0. The van der Waals surface area contributed by atoms with Gasteiger partial charge < -0.3 is 14.5 Å². The predicted molar refractivity (Wildman–Crippen MR) is 111 cm³/mol. The Morgan fingerprint density at radius 1 is 1.13 bits per heavy atom. The summed E-state index contributed by atoms with van der Waals surface area (Å²) < 4.78 is 46.6. The number of amides is 1. The summed E-state index contributed by atoms with van der Waals surface area (Å²) in [5.74, 6) is -1.35. The van der Waals surface area contributed by atoms with Gasteiger partial charge in [0.2, 0.25) is 9.84 Å². The van der Waals surface area contributed by atoms with Crippen molar-refractivity contribution in [2.75, 3.05) is 7.11 Å². The summed E-state index contributed by atoms with van der Waals surface area (Å²) in [6.45, 7) is 0.203. The van der Waals surface area contributed by atoms with Crippen molar-refractivity contribution in [2.45, 2.75) is 16.3 Å². The van der Waals surface area contributed by atoms with Crippen LogP contribution in [0.3, 0.4) is 0 Å². The minimum Gasteiger partial charge on any atom is -0.494 e. The van der Waals surface area contributed by atoms with E-state index in [9.17, 15) is 17.6 Å². The molecule has 0 aliphatic carbocycles. The molecule has 0 aliphatic heterocycles. The Balaban J connectivity index is 1.48. The maximum atomic E-state index is 14.4. The van der Waals surface area contributed by atoms with E-state index < -0.39 is 20.5 Å². The van der Waals surface area contributed by atoms with Crippen LogP contribution in [-0.2, 0) is 16.4 Å². The van der Waals surface area contributed by atoms with Crippen LogP contribution in [0.25, 0.3) is 5.65 Å². The first-order valence-electron chi connectivity index (χ1n) is 9.27. The summed E-state index contributed by atoms with van der Waals surface area (Å²) in [5, 5.41) is 2.79. The number of benzene rings is 2. The van der Waals surface area contributed by atoms with Crippen molar-refractivity contribution in [3.8, 4) is 5.75 Å². The van der Waals surface area contributed by atoms with Gasteiger partial charge in [-0.05, 0) is 42.0 Å². The third kappa shape index (κ3) is 3.99. The lowest BCUT2D eigenvalue weighted by Crippen LogP contribution is -2.23. The zero-order valence-corrected chi connectivity index (χ0v) is 17.3. The highest BCUT2D eigenvalue weighted by molar-refractivity contribution is 7.91. The maximum Gasteiger partial charge on any atom is 0.253 e. The third-order valence-corrected chi connectivity index (χ3v) is 6.56. The summed E-state index contributed by atoms with van der Waals surface area (Å²) >= 11 is 0. The molecule has 7 nitrogen and oxygen atoms in total. The van der Waals surface area contributed by atoms with Gasteiger partial charge >= 0.3 is 0 Å². The Morgan fingerprint density at radius 3 is 2.65 bits per heavy atom. The number of hydrogen-bond acceptors (Lipinski definition) is 5. The van der Waals surface area contributed by atoms with E-state index in [1.54, 1.807) is 47.3 Å². The molecule has 1 N–H and O–H groups in total. The quantitative estimate of drug-likeness (QED) is 0.498. The van der Waals surface area contributed by atoms with Gasteiger partial charge in [0.15, 0.2) is 11.6 Å². The number of sulfone groups is 1. The molecule has 0 spiro atoms. The third-order valence-electron chi connectivity index (χ3n) is 4.77. The van der Waals surface area contributed by atoms with Crippen LogP contribution >= 0.6 is 0 Å². The average molecular weight is 439 g/mol. The second-order valence-corrected chi connectivity index (χ2v) is 8.63. The van der Waals surface area contributed by atoms with Crippen LogP contribution in [0.15, 0.2) is 83.0 Å². The Labute approximate surface area is 178 Å². The smallest absolute Gasteiger partial charge is 0.253 e. The lowest BCUT2D eigenvalue weighted by atomic mass is 10.2. The lowest BCUT2D eigenvalue weighted by molar-refractivity contribution is 0.0950. The molecule has 0 fully saturated rings. The summed E-state index contributed by atoms with van der Waals surface area (Å²) in [5.41, 5.74) is 1.90. The molecule has 0 saturated heterocycles. The number of nitrogens with one attached hydrogen (secondary N) is 1. The molecule has 0 saturated carbocycles. The summed E-state index contributed by atoms with van der Waals surface area (Å²) in [6.07, 6.45) is 5.07. The van der Waals surface area contributed by atoms with Crippen molar-refractivity contribution in [3.63, 3.8) is 0 Å². The fourth-order valence-corrected chi connectivity index (χ4v) is 4.45. The molecule has 4 aromatic rings. The molecule has 0 aliphatic rings. The fourth-order valence-electron chi connectivity index (χ4n) is 3.11. The first-order valence-corrected chi connectivity index (χ1v) is 10.8. The number of methoxy groups -OCH3 is 1. The fraction of sp³-hybridized carbons (Fsp3) is 0.0909. The number of carbonyl (C=O) groups excluding carboxylic acids is 1. The Bertz CT molecular complexity index is 1370. The summed E-state index contributed by atoms with van der Waals surface area (Å²) in [4.78, 5) is 16.0. The monoisotopic (exact) mass is 439 g/mol. The van der Waals surface area contributed by atoms with Gasteiger partial charge in [0.25, 0.3) is 5.91 Å². The molecule has 2 heterocycles. The first-order chi connectivity index (χ1) is 14.9. The molecule has 2 aromatic carbocycles. The van der Waals surface area contributed by atoms with Crippen molar-refractivity contribution in [2.24, 2.45) is 0 Å². The number of hydrogen-bond donors (Lipinski definition) is 1. The summed E-state index contributed by atoms with van der Waals surface area (Å²) in [6, 6.07) is 13.3. The number of fused-ring (bicyclic) bond motifs is 1. The highest BCUT2D eigenvalue weighted by atomic mass is 32.2. The van der Waals surface area contributed by atoms with Crippen molar-refractivity contribution in [3.05, 3.63) is 90.1 Å². The van der Waals surface area contributed by atoms with Crippen LogP contribution in [0.2, 0.25) is 0 Å². The normalized spacial score (nSPS) is 11.4. The second kappa shape index (κ2) is 8.19. The number of nitrogens with zero attached hydrogens (tertiary/aromatic N) is 2. The van der Waals surface area contributed by atoms with Gasteiger partial charge in [-0.25, -0.2) is 17.8 Å². The van der Waals surface area contributed by atoms with E-state index in [0.29, 0.717) is 11.1 Å². The van der Waals surface area contributed by atoms with E-state index in [1.165, 1.54) is 37.4 Å². The van der Waals surface area contributed by atoms with E-state index in [-0.39, 0.29) is 23.1 Å². The van der Waals surface area contributed by atoms with Gasteiger partial charge in [0.1, 0.15) is 10.5 Å². The number of rotatable bonds is 6. The Kier molecular flexibility index (Phi) is 5.43. The average Bonchev–Trinajstić information content (AvgIpc) is 3.25. The molecule has 1 amide bonds. The van der Waals surface area contributed by atoms with Crippen molar-refractivity contribution < 1.29 is 22.3 Å². The Morgan fingerprint density at radius 2 is 1.90 bits per heavy atom. The second-order valence-electron chi connectivity index (χ2n) is 6.71. The zero-order valence-electron chi connectivity index (χ0n) is 16.4. The standard InChI is InChI=1S/C22H18FN3O4S/c1-30-18-3-2-4-19(21(18)23)31(28,29)17-8-5-15(6-9-17)13-25-22(27)16-7-10-20-24-11-12-26(20)14-16/h2-12,14H,13H2,1H3,(H,25,27). The SMILES string of the molecule is COc1cccc(S(=O)(=O)c2ccc(CNC(=O)c3ccc4nccn4c3)cc2)c1F. The molecule has 158 valence electrons. The Hall–Kier alpha value is -3.72. The topological polar surface area (TPSA) is 89.8 Å². The largest absolute Gasteiger partial charge is 0.494 e. The van der Waals surface area contributed by atoms with Gasteiger partial charge in [-0.1, -0.05) is 18.2 Å². The number of pyridine rings is 1. The molecule has 2 aromatic heterocycles. The van der Waals surface area contributed by atoms with E-state index in [0.717, 1.165) is 5.65 Å². The highest BCUT2D eigenvalue weighted by Crippen LogP contribution is 2.28. The van der Waals surface area contributed by atoms with Crippen molar-refractivity contribution in [1.29, 1.82) is 0 Å². The predicted octanol–water partition coefficient (Wildman–Crippen LogP) is 3.24. The lowest BCUT2D eigenvalue weighted by Gasteiger charge is -2.10. The van der Waals surface area contributed by atoms with E-state index >= 15 is 0 Å². The van der Waals surface area contributed by atoms with Crippen molar-refractivity contribution in [1.82, 2.24) is 14.7 Å². The maximum absolute atomic E-state index is 14.4. The molecular weight excluding hydrogens is 421 g/mol. The van der Waals surface area contributed by atoms with E-state index in [4.69, 9.17) is 4.74 Å². The van der Waals surface area contributed by atoms with Gasteiger partial charge in [0.05, 0.1) is 17.6 Å². The minimum atomic E-state index is -4.06. The van der Waals surface area contributed by atoms with Crippen LogP contribution in [0.4, 0.5) is 4.39 Å². The van der Waals surface area contributed by atoms with Gasteiger partial charge in [-0.2, -0.15) is 0 Å². The van der Waals surface area contributed by atoms with Crippen molar-refractivity contribution >= 4 is 21.4 Å². The van der Waals surface area contributed by atoms with Crippen LogP contribution in [0.1, 0.15) is 15.9 Å².